The first-order valence-corrected chi connectivity index (χ1v) is 10.7. The number of carbonyl (C=O) groups is 2. The SMILES string of the molecule is COc1cc([C@@H](CC(=O)NC2CCN(CC(N)=O)CC2)c2oc(C)cc(=O)c2O)ccc1O. The van der Waals surface area contributed by atoms with Gasteiger partial charge in [0, 0.05) is 31.6 Å². The first-order chi connectivity index (χ1) is 15.7. The van der Waals surface area contributed by atoms with Crippen molar-refractivity contribution in [3.05, 3.63) is 51.6 Å². The van der Waals surface area contributed by atoms with Crippen LogP contribution >= 0.6 is 0 Å². The van der Waals surface area contributed by atoms with Gasteiger partial charge < -0.3 is 30.4 Å². The lowest BCUT2D eigenvalue weighted by molar-refractivity contribution is -0.123. The summed E-state index contributed by atoms with van der Waals surface area (Å²) >= 11 is 0. The van der Waals surface area contributed by atoms with Crippen molar-refractivity contribution in [2.24, 2.45) is 5.73 Å². The minimum atomic E-state index is -0.790. The molecule has 1 aliphatic heterocycles. The highest BCUT2D eigenvalue weighted by Gasteiger charge is 2.28. The molecule has 10 heteroatoms. The summed E-state index contributed by atoms with van der Waals surface area (Å²) in [6, 6.07) is 5.64. The number of aromatic hydroxyl groups is 2. The fourth-order valence-corrected chi connectivity index (χ4v) is 4.06. The molecule has 2 amide bonds. The van der Waals surface area contributed by atoms with E-state index >= 15 is 0 Å². The number of ether oxygens (including phenoxy) is 1. The predicted octanol–water partition coefficient (Wildman–Crippen LogP) is 0.956. The standard InChI is InChI=1S/C23H29N3O7/c1-13-9-18(28)22(31)23(33-13)16(14-3-4-17(27)19(10-14)32-2)11-21(30)25-15-5-7-26(8-6-15)12-20(24)29/h3-4,9-10,15-16,27,31H,5-8,11-12H2,1-2H3,(H2,24,29)(H,25,30)/t16-/m1/s1. The molecule has 0 aliphatic carbocycles. The van der Waals surface area contributed by atoms with Crippen LogP contribution in [0, 0.1) is 6.92 Å². The van der Waals surface area contributed by atoms with Gasteiger partial charge in [-0.2, -0.15) is 0 Å². The first kappa shape index (κ1) is 24.1. The number of nitrogens with zero attached hydrogens (tertiary/aromatic N) is 1. The lowest BCUT2D eigenvalue weighted by atomic mass is 9.91. The minimum absolute atomic E-state index is 0.0285. The van der Waals surface area contributed by atoms with Crippen LogP contribution in [-0.4, -0.2) is 59.7 Å². The van der Waals surface area contributed by atoms with Crippen LogP contribution in [0.4, 0.5) is 0 Å². The first-order valence-electron chi connectivity index (χ1n) is 10.7. The highest BCUT2D eigenvalue weighted by atomic mass is 16.5. The number of phenols is 1. The maximum atomic E-state index is 12.9. The molecule has 1 aromatic heterocycles. The Hall–Kier alpha value is -3.53. The van der Waals surface area contributed by atoms with Gasteiger partial charge in [-0.15, -0.1) is 0 Å². The van der Waals surface area contributed by atoms with E-state index in [4.69, 9.17) is 14.9 Å². The van der Waals surface area contributed by atoms with Crippen molar-refractivity contribution in [2.75, 3.05) is 26.7 Å². The average Bonchev–Trinajstić information content (AvgIpc) is 2.76. The number of primary amides is 1. The van der Waals surface area contributed by atoms with E-state index in [-0.39, 0.29) is 48.1 Å². The van der Waals surface area contributed by atoms with E-state index in [9.17, 15) is 24.6 Å². The second-order valence-corrected chi connectivity index (χ2v) is 8.21. The average molecular weight is 459 g/mol. The largest absolute Gasteiger partial charge is 0.504 e. The van der Waals surface area contributed by atoms with Crippen molar-refractivity contribution < 1.29 is 29.0 Å². The van der Waals surface area contributed by atoms with E-state index < -0.39 is 17.1 Å². The molecule has 0 spiro atoms. The van der Waals surface area contributed by atoms with Gasteiger partial charge in [-0.25, -0.2) is 0 Å². The van der Waals surface area contributed by atoms with Gasteiger partial charge in [-0.05, 0) is 37.5 Å². The van der Waals surface area contributed by atoms with E-state index in [0.717, 1.165) is 0 Å². The van der Waals surface area contributed by atoms with Crippen molar-refractivity contribution in [2.45, 2.75) is 38.1 Å². The van der Waals surface area contributed by atoms with E-state index in [1.807, 2.05) is 4.90 Å². The van der Waals surface area contributed by atoms with Crippen LogP contribution in [0.15, 0.2) is 33.5 Å². The Labute approximate surface area is 191 Å². The van der Waals surface area contributed by atoms with Gasteiger partial charge in [-0.1, -0.05) is 6.07 Å². The molecule has 0 saturated carbocycles. The van der Waals surface area contributed by atoms with E-state index in [1.165, 1.54) is 25.3 Å². The molecule has 0 unspecified atom stereocenters. The van der Waals surface area contributed by atoms with Crippen molar-refractivity contribution >= 4 is 11.8 Å². The summed E-state index contributed by atoms with van der Waals surface area (Å²) in [7, 11) is 1.40. The Balaban J connectivity index is 1.82. The third-order valence-corrected chi connectivity index (χ3v) is 5.72. The minimum Gasteiger partial charge on any atom is -0.504 e. The van der Waals surface area contributed by atoms with E-state index in [2.05, 4.69) is 5.32 Å². The highest BCUT2D eigenvalue weighted by Crippen LogP contribution is 2.37. The Morgan fingerprint density at radius 3 is 2.61 bits per heavy atom. The summed E-state index contributed by atoms with van der Waals surface area (Å²) in [5.41, 5.74) is 5.16. The fraction of sp³-hybridized carbons (Fsp3) is 0.435. The van der Waals surface area contributed by atoms with Gasteiger partial charge in [0.1, 0.15) is 5.76 Å². The molecule has 178 valence electrons. The van der Waals surface area contributed by atoms with Crippen LogP contribution in [0.25, 0.3) is 0 Å². The topological polar surface area (TPSA) is 155 Å². The molecular weight excluding hydrogens is 430 g/mol. The molecule has 33 heavy (non-hydrogen) atoms. The zero-order valence-electron chi connectivity index (χ0n) is 18.7. The lowest BCUT2D eigenvalue weighted by Crippen LogP contribution is -2.46. The fourth-order valence-electron chi connectivity index (χ4n) is 4.06. The molecular formula is C23H29N3O7. The van der Waals surface area contributed by atoms with Gasteiger partial charge >= 0.3 is 0 Å². The maximum absolute atomic E-state index is 12.9. The Kier molecular flexibility index (Phi) is 7.59. The van der Waals surface area contributed by atoms with Gasteiger partial charge in [0.2, 0.25) is 23.0 Å². The summed E-state index contributed by atoms with van der Waals surface area (Å²) in [6.07, 6.45) is 1.23. The summed E-state index contributed by atoms with van der Waals surface area (Å²) in [5, 5.41) is 23.3. The molecule has 1 saturated heterocycles. The number of carbonyl (C=O) groups excluding carboxylic acids is 2. The van der Waals surface area contributed by atoms with Gasteiger partial charge in [-0.3, -0.25) is 19.3 Å². The molecule has 2 heterocycles. The van der Waals surface area contributed by atoms with E-state index in [0.29, 0.717) is 37.3 Å². The van der Waals surface area contributed by atoms with Crippen LogP contribution in [0.2, 0.25) is 0 Å². The normalized spacial score (nSPS) is 15.7. The van der Waals surface area contributed by atoms with Crippen molar-refractivity contribution in [1.29, 1.82) is 0 Å². The van der Waals surface area contributed by atoms with Crippen molar-refractivity contribution in [1.82, 2.24) is 10.2 Å². The van der Waals surface area contributed by atoms with Crippen LogP contribution in [0.5, 0.6) is 17.2 Å². The number of nitrogens with two attached hydrogens (primary N) is 1. The zero-order valence-corrected chi connectivity index (χ0v) is 18.7. The Morgan fingerprint density at radius 1 is 1.27 bits per heavy atom. The Morgan fingerprint density at radius 2 is 1.97 bits per heavy atom. The summed E-state index contributed by atoms with van der Waals surface area (Å²) in [5.74, 6) is -1.65. The number of methoxy groups -OCH3 is 1. The number of likely N-dealkylation sites (tertiary alicyclic amines) is 1. The number of nitrogens with one attached hydrogen (secondary N) is 1. The van der Waals surface area contributed by atoms with Crippen LogP contribution in [0.1, 0.15) is 42.3 Å². The smallest absolute Gasteiger partial charge is 0.231 e. The van der Waals surface area contributed by atoms with Gasteiger partial charge in [0.15, 0.2) is 17.3 Å². The van der Waals surface area contributed by atoms with E-state index in [1.54, 1.807) is 13.0 Å². The van der Waals surface area contributed by atoms with Crippen molar-refractivity contribution in [3.8, 4) is 17.2 Å². The predicted molar refractivity (Wildman–Crippen MR) is 119 cm³/mol. The third kappa shape index (κ3) is 6.04. The number of hydrogen-bond donors (Lipinski definition) is 4. The Bertz CT molecular complexity index is 1070. The molecule has 5 N–H and O–H groups in total. The summed E-state index contributed by atoms with van der Waals surface area (Å²) in [4.78, 5) is 38.2. The third-order valence-electron chi connectivity index (χ3n) is 5.72. The number of piperidine rings is 1. The number of rotatable bonds is 8. The molecule has 3 rings (SSSR count). The maximum Gasteiger partial charge on any atom is 0.231 e. The summed E-state index contributed by atoms with van der Waals surface area (Å²) < 4.78 is 10.8. The van der Waals surface area contributed by atoms with Crippen molar-refractivity contribution in [3.63, 3.8) is 0 Å². The molecule has 1 aliphatic rings. The molecule has 1 aromatic carbocycles. The molecule has 0 radical (unpaired) electrons. The number of phenolic OH excluding ortho intramolecular Hbond substituents is 1. The number of benzene rings is 1. The second kappa shape index (κ2) is 10.4. The molecule has 1 atom stereocenters. The summed E-state index contributed by atoms with van der Waals surface area (Å²) in [6.45, 7) is 3.05. The quantitative estimate of drug-likeness (QED) is 0.455. The van der Waals surface area contributed by atoms with Crippen LogP contribution in [-0.2, 0) is 9.59 Å². The molecule has 1 fully saturated rings. The number of hydrogen-bond acceptors (Lipinski definition) is 8. The molecule has 2 aromatic rings. The second-order valence-electron chi connectivity index (χ2n) is 8.21. The zero-order chi connectivity index (χ0) is 24.1. The monoisotopic (exact) mass is 459 g/mol. The van der Waals surface area contributed by atoms with Gasteiger partial charge in [0.05, 0.1) is 19.6 Å². The molecule has 10 nitrogen and oxygen atoms in total. The number of amides is 2. The van der Waals surface area contributed by atoms with Crippen LogP contribution < -0.4 is 21.2 Å². The van der Waals surface area contributed by atoms with Crippen LogP contribution in [0.3, 0.4) is 0 Å². The highest BCUT2D eigenvalue weighted by molar-refractivity contribution is 5.78. The molecule has 0 bridgehead atoms. The number of aryl methyl sites for hydroxylation is 1. The van der Waals surface area contributed by atoms with Gasteiger partial charge in [0.25, 0.3) is 0 Å². The lowest BCUT2D eigenvalue weighted by Gasteiger charge is -2.31.